The average Bonchev–Trinajstić information content (AvgIpc) is 1.63. The van der Waals surface area contributed by atoms with Crippen LogP contribution in [0.15, 0.2) is 0 Å². The van der Waals surface area contributed by atoms with E-state index in [1.54, 1.807) is 13.8 Å². The van der Waals surface area contributed by atoms with E-state index < -0.39 is 16.5 Å². The van der Waals surface area contributed by atoms with Gasteiger partial charge in [-0.15, -0.1) is 0 Å². The molecule has 0 heterocycles. The third-order valence-electron chi connectivity index (χ3n) is 0.942. The van der Waals surface area contributed by atoms with Crippen molar-refractivity contribution in [3.8, 4) is 0 Å². The molecule has 0 saturated heterocycles. The molecule has 3 nitrogen and oxygen atoms in total. The fourth-order valence-electron chi connectivity index (χ4n) is 0.380. The molecule has 1 atom stereocenters. The summed E-state index contributed by atoms with van der Waals surface area (Å²) in [5, 5.41) is 8.60. The van der Waals surface area contributed by atoms with E-state index in [2.05, 4.69) is 0 Å². The Hall–Kier alpha value is 0.0700. The quantitative estimate of drug-likeness (QED) is 0.569. The molecular weight excluding hydrogens is 140 g/mol. The molecule has 0 aromatic carbocycles. The number of rotatable bonds is 3. The first-order valence-electron chi connectivity index (χ1n) is 2.66. The Morgan fingerprint density at radius 2 is 2.00 bits per heavy atom. The van der Waals surface area contributed by atoms with Gasteiger partial charge in [-0.3, -0.25) is 0 Å². The molecule has 0 aliphatic heterocycles. The molecule has 0 rings (SSSR count). The van der Waals surface area contributed by atoms with Gasteiger partial charge in [0.25, 0.3) is 0 Å². The minimum Gasteiger partial charge on any atom is -0.396 e. The molecule has 0 fully saturated rings. The van der Waals surface area contributed by atoms with E-state index in [0.717, 1.165) is 0 Å². The summed E-state index contributed by atoms with van der Waals surface area (Å²) >= 11 is -1.79. The minimum absolute atomic E-state index is 0.0562. The second kappa shape index (κ2) is 3.29. The lowest BCUT2D eigenvalue weighted by Crippen LogP contribution is -2.24. The molecule has 0 aliphatic carbocycles. The molecule has 0 aromatic rings. The first-order chi connectivity index (χ1) is 3.98. The first kappa shape index (κ1) is 9.07. The topological polar surface area (TPSA) is 57.5 Å². The number of aliphatic hydroxyl groups is 1. The SMILES string of the molecule is CC(C)(CO)CS(=O)O. The summed E-state index contributed by atoms with van der Waals surface area (Å²) in [6.07, 6.45) is 0. The fourth-order valence-corrected chi connectivity index (χ4v) is 1.14. The molecule has 0 amide bonds. The Labute approximate surface area is 57.4 Å². The lowest BCUT2D eigenvalue weighted by atomic mass is 9.98. The Balaban J connectivity index is 3.71. The maximum Gasteiger partial charge on any atom is 0.153 e. The van der Waals surface area contributed by atoms with E-state index in [-0.39, 0.29) is 12.4 Å². The maximum absolute atomic E-state index is 10.2. The van der Waals surface area contributed by atoms with Crippen LogP contribution in [0.2, 0.25) is 0 Å². The van der Waals surface area contributed by atoms with Gasteiger partial charge in [0.15, 0.2) is 11.1 Å². The van der Waals surface area contributed by atoms with Crippen molar-refractivity contribution in [1.29, 1.82) is 0 Å². The van der Waals surface area contributed by atoms with Crippen LogP contribution in [0.4, 0.5) is 0 Å². The third-order valence-corrected chi connectivity index (χ3v) is 1.97. The standard InChI is InChI=1S/C5H12O3S/c1-5(2,3-6)4-9(7)8/h6H,3-4H2,1-2H3,(H,7,8). The second-order valence-corrected chi connectivity index (χ2v) is 3.72. The molecular formula is C5H12O3S. The highest BCUT2D eigenvalue weighted by atomic mass is 32.2. The monoisotopic (exact) mass is 152 g/mol. The van der Waals surface area contributed by atoms with Crippen LogP contribution in [0.25, 0.3) is 0 Å². The smallest absolute Gasteiger partial charge is 0.153 e. The van der Waals surface area contributed by atoms with Crippen molar-refractivity contribution in [2.75, 3.05) is 12.4 Å². The fraction of sp³-hybridized carbons (Fsp3) is 1.00. The summed E-state index contributed by atoms with van der Waals surface area (Å²) in [5.41, 5.74) is -0.431. The Kier molecular flexibility index (Phi) is 3.32. The van der Waals surface area contributed by atoms with Crippen LogP contribution >= 0.6 is 0 Å². The van der Waals surface area contributed by atoms with Crippen LogP contribution in [0.5, 0.6) is 0 Å². The van der Waals surface area contributed by atoms with Crippen molar-refractivity contribution in [3.05, 3.63) is 0 Å². The van der Waals surface area contributed by atoms with Crippen LogP contribution in [-0.4, -0.2) is 26.2 Å². The normalized spacial score (nSPS) is 15.6. The van der Waals surface area contributed by atoms with Crippen LogP contribution in [-0.2, 0) is 11.1 Å². The molecule has 2 N–H and O–H groups in total. The Morgan fingerprint density at radius 1 is 1.56 bits per heavy atom. The molecule has 56 valence electrons. The number of aliphatic hydroxyl groups excluding tert-OH is 1. The lowest BCUT2D eigenvalue weighted by molar-refractivity contribution is 0.178. The lowest BCUT2D eigenvalue weighted by Gasteiger charge is -2.17. The zero-order chi connectivity index (χ0) is 7.49. The van der Waals surface area contributed by atoms with Gasteiger partial charge in [0, 0.05) is 12.0 Å². The molecule has 0 aromatic heterocycles. The molecule has 0 spiro atoms. The van der Waals surface area contributed by atoms with E-state index in [1.165, 1.54) is 0 Å². The van der Waals surface area contributed by atoms with Crippen molar-refractivity contribution in [2.45, 2.75) is 13.8 Å². The highest BCUT2D eigenvalue weighted by Crippen LogP contribution is 2.13. The van der Waals surface area contributed by atoms with Crippen LogP contribution < -0.4 is 0 Å². The second-order valence-electron chi connectivity index (χ2n) is 2.79. The van der Waals surface area contributed by atoms with E-state index in [1.807, 2.05) is 0 Å². The van der Waals surface area contributed by atoms with Gasteiger partial charge in [-0.2, -0.15) is 0 Å². The van der Waals surface area contributed by atoms with Crippen molar-refractivity contribution in [3.63, 3.8) is 0 Å². The predicted octanol–water partition coefficient (Wildman–Crippen LogP) is 0.227. The zero-order valence-electron chi connectivity index (χ0n) is 5.63. The highest BCUT2D eigenvalue weighted by molar-refractivity contribution is 7.79. The minimum atomic E-state index is -1.79. The van der Waals surface area contributed by atoms with E-state index >= 15 is 0 Å². The van der Waals surface area contributed by atoms with Crippen LogP contribution in [0.1, 0.15) is 13.8 Å². The van der Waals surface area contributed by atoms with Crippen molar-refractivity contribution in [2.24, 2.45) is 5.41 Å². The molecule has 9 heavy (non-hydrogen) atoms. The summed E-state index contributed by atoms with van der Waals surface area (Å²) in [6.45, 7) is 3.42. The van der Waals surface area contributed by atoms with Gasteiger partial charge >= 0.3 is 0 Å². The summed E-state index contributed by atoms with van der Waals surface area (Å²) < 4.78 is 18.6. The predicted molar refractivity (Wildman–Crippen MR) is 36.5 cm³/mol. The Bertz CT molecular complexity index is 111. The largest absolute Gasteiger partial charge is 0.396 e. The molecule has 0 saturated carbocycles. The summed E-state index contributed by atoms with van der Waals surface area (Å²) in [6, 6.07) is 0. The first-order valence-corrected chi connectivity index (χ1v) is 3.94. The Morgan fingerprint density at radius 3 is 2.11 bits per heavy atom. The zero-order valence-corrected chi connectivity index (χ0v) is 6.44. The van der Waals surface area contributed by atoms with E-state index in [9.17, 15) is 4.21 Å². The summed E-state index contributed by atoms with van der Waals surface area (Å²) in [5.74, 6) is 0.128. The van der Waals surface area contributed by atoms with Crippen LogP contribution in [0, 0.1) is 5.41 Å². The summed E-state index contributed by atoms with van der Waals surface area (Å²) in [7, 11) is 0. The third kappa shape index (κ3) is 4.57. The van der Waals surface area contributed by atoms with Crippen molar-refractivity contribution in [1.82, 2.24) is 0 Å². The van der Waals surface area contributed by atoms with E-state index in [0.29, 0.717) is 0 Å². The molecule has 1 unspecified atom stereocenters. The van der Waals surface area contributed by atoms with Gasteiger partial charge in [0.1, 0.15) is 0 Å². The van der Waals surface area contributed by atoms with Gasteiger partial charge in [-0.1, -0.05) is 13.8 Å². The molecule has 0 bridgehead atoms. The molecule has 0 aliphatic rings. The van der Waals surface area contributed by atoms with Crippen molar-refractivity contribution < 1.29 is 13.9 Å². The van der Waals surface area contributed by atoms with Gasteiger partial charge < -0.3 is 9.66 Å². The van der Waals surface area contributed by atoms with Crippen molar-refractivity contribution >= 4 is 11.1 Å². The number of hydrogen-bond donors (Lipinski definition) is 2. The maximum atomic E-state index is 10.2. The van der Waals surface area contributed by atoms with Gasteiger partial charge in [0.2, 0.25) is 0 Å². The molecule has 0 radical (unpaired) electrons. The van der Waals surface area contributed by atoms with E-state index in [4.69, 9.17) is 9.66 Å². The van der Waals surface area contributed by atoms with Gasteiger partial charge in [0.05, 0.1) is 5.75 Å². The summed E-state index contributed by atoms with van der Waals surface area (Å²) in [4.78, 5) is 0. The highest BCUT2D eigenvalue weighted by Gasteiger charge is 2.18. The number of hydrogen-bond acceptors (Lipinski definition) is 2. The van der Waals surface area contributed by atoms with Gasteiger partial charge in [-0.05, 0) is 0 Å². The molecule has 4 heteroatoms. The van der Waals surface area contributed by atoms with Gasteiger partial charge in [-0.25, -0.2) is 4.21 Å². The van der Waals surface area contributed by atoms with Crippen LogP contribution in [0.3, 0.4) is 0 Å². The average molecular weight is 152 g/mol.